The molecule has 2 aliphatic heterocycles. The third-order valence-corrected chi connectivity index (χ3v) is 5.55. The number of ether oxygens (including phenoxy) is 1. The molecule has 6 nitrogen and oxygen atoms in total. The molecule has 26 heavy (non-hydrogen) atoms. The highest BCUT2D eigenvalue weighted by Crippen LogP contribution is 2.34. The summed E-state index contributed by atoms with van der Waals surface area (Å²) in [5, 5.41) is 5.43. The quantitative estimate of drug-likeness (QED) is 0.766. The van der Waals surface area contributed by atoms with Crippen molar-refractivity contribution in [2.75, 3.05) is 13.7 Å². The van der Waals surface area contributed by atoms with Crippen LogP contribution in [-0.2, 0) is 0 Å². The second-order valence-corrected chi connectivity index (χ2v) is 7.34. The van der Waals surface area contributed by atoms with Crippen molar-refractivity contribution in [1.29, 1.82) is 0 Å². The summed E-state index contributed by atoms with van der Waals surface area (Å²) in [6.45, 7) is 2.65. The number of nitrogens with zero attached hydrogens (tertiary/aromatic N) is 1. The van der Waals surface area contributed by atoms with Gasteiger partial charge in [0.15, 0.2) is 0 Å². The lowest BCUT2D eigenvalue weighted by atomic mass is 9.98. The van der Waals surface area contributed by atoms with E-state index in [1.165, 1.54) is 12.8 Å². The largest absolute Gasteiger partial charge is 0.493 e. The van der Waals surface area contributed by atoms with Crippen LogP contribution in [-0.4, -0.2) is 48.6 Å². The fourth-order valence-electron chi connectivity index (χ4n) is 4.03. The lowest BCUT2D eigenvalue weighted by Gasteiger charge is -2.36. The number of rotatable bonds is 6. The van der Waals surface area contributed by atoms with Gasteiger partial charge in [0.05, 0.1) is 12.2 Å². The van der Waals surface area contributed by atoms with Gasteiger partial charge in [-0.25, -0.2) is 4.79 Å². The Labute approximate surface area is 155 Å². The maximum absolute atomic E-state index is 12.5. The number of nitrogens with one attached hydrogen (secondary N) is 2. The second-order valence-electron chi connectivity index (χ2n) is 7.34. The van der Waals surface area contributed by atoms with Crippen LogP contribution in [0.1, 0.15) is 55.8 Å². The molecular weight excluding hydrogens is 330 g/mol. The molecular formula is C20H29N3O3. The molecule has 1 aromatic carbocycles. The molecule has 1 aromatic rings. The SMILES string of the molecule is CCCCOc1ccccc1C(=O)NC(=O)NC1CC2CCC(C1)N2C. The molecule has 6 heteroatoms. The zero-order chi connectivity index (χ0) is 18.5. The third kappa shape index (κ3) is 4.36. The van der Waals surface area contributed by atoms with Crippen molar-refractivity contribution in [1.82, 2.24) is 15.5 Å². The molecule has 3 rings (SSSR count). The van der Waals surface area contributed by atoms with Crippen molar-refractivity contribution in [2.45, 2.75) is 63.6 Å². The lowest BCUT2D eigenvalue weighted by molar-refractivity contribution is 0.0956. The molecule has 0 aromatic heterocycles. The number of hydrogen-bond acceptors (Lipinski definition) is 4. The minimum atomic E-state index is -0.425. The monoisotopic (exact) mass is 359 g/mol. The van der Waals surface area contributed by atoms with E-state index in [1.54, 1.807) is 18.2 Å². The predicted molar refractivity (Wildman–Crippen MR) is 100 cm³/mol. The molecule has 0 spiro atoms. The van der Waals surface area contributed by atoms with Crippen LogP contribution in [0.25, 0.3) is 0 Å². The number of amides is 3. The van der Waals surface area contributed by atoms with Gasteiger partial charge in [-0.1, -0.05) is 25.5 Å². The Kier molecular flexibility index (Phi) is 6.14. The first-order chi connectivity index (χ1) is 12.6. The molecule has 0 radical (unpaired) electrons. The van der Waals surface area contributed by atoms with E-state index in [4.69, 9.17) is 4.74 Å². The topological polar surface area (TPSA) is 70.7 Å². The van der Waals surface area contributed by atoms with Crippen LogP contribution < -0.4 is 15.4 Å². The number of urea groups is 1. The molecule has 3 amide bonds. The second kappa shape index (κ2) is 8.54. The van der Waals surface area contributed by atoms with Gasteiger partial charge in [-0.05, 0) is 51.3 Å². The van der Waals surface area contributed by atoms with Gasteiger partial charge >= 0.3 is 6.03 Å². The number of imide groups is 1. The molecule has 2 bridgehead atoms. The first-order valence-electron chi connectivity index (χ1n) is 9.64. The van der Waals surface area contributed by atoms with Gasteiger partial charge in [0, 0.05) is 18.1 Å². The molecule has 2 saturated heterocycles. The summed E-state index contributed by atoms with van der Waals surface area (Å²) in [7, 11) is 2.16. The summed E-state index contributed by atoms with van der Waals surface area (Å²) in [5.41, 5.74) is 0.391. The zero-order valence-electron chi connectivity index (χ0n) is 15.7. The molecule has 142 valence electrons. The Hall–Kier alpha value is -2.08. The zero-order valence-corrected chi connectivity index (χ0v) is 15.7. The van der Waals surface area contributed by atoms with Crippen molar-refractivity contribution < 1.29 is 14.3 Å². The van der Waals surface area contributed by atoms with E-state index < -0.39 is 11.9 Å². The number of benzene rings is 1. The number of hydrogen-bond donors (Lipinski definition) is 2. The minimum absolute atomic E-state index is 0.132. The fraction of sp³-hybridized carbons (Fsp3) is 0.600. The number of fused-ring (bicyclic) bond motifs is 2. The highest BCUT2D eigenvalue weighted by molar-refractivity contribution is 6.05. The highest BCUT2D eigenvalue weighted by Gasteiger charge is 2.38. The Bertz CT molecular complexity index is 635. The average Bonchev–Trinajstić information content (AvgIpc) is 2.83. The van der Waals surface area contributed by atoms with E-state index in [0.717, 1.165) is 25.7 Å². The molecule has 2 atom stereocenters. The Balaban J connectivity index is 1.54. The number of carbonyl (C=O) groups is 2. The average molecular weight is 359 g/mol. The van der Waals surface area contributed by atoms with Crippen LogP contribution in [0.2, 0.25) is 0 Å². The number of unbranched alkanes of at least 4 members (excludes halogenated alkanes) is 1. The molecule has 2 unspecified atom stereocenters. The van der Waals surface area contributed by atoms with Crippen molar-refractivity contribution >= 4 is 11.9 Å². The lowest BCUT2D eigenvalue weighted by Crippen LogP contribution is -2.51. The Morgan fingerprint density at radius 1 is 1.19 bits per heavy atom. The van der Waals surface area contributed by atoms with Crippen molar-refractivity contribution in [3.63, 3.8) is 0 Å². The number of piperidine rings is 1. The van der Waals surface area contributed by atoms with Gasteiger partial charge < -0.3 is 15.0 Å². The maximum atomic E-state index is 12.5. The van der Waals surface area contributed by atoms with Gasteiger partial charge in [-0.3, -0.25) is 10.1 Å². The van der Waals surface area contributed by atoms with Crippen LogP contribution in [0.15, 0.2) is 24.3 Å². The van der Waals surface area contributed by atoms with E-state index >= 15 is 0 Å². The Morgan fingerprint density at radius 3 is 2.58 bits per heavy atom. The van der Waals surface area contributed by atoms with E-state index in [1.807, 2.05) is 6.07 Å². The van der Waals surface area contributed by atoms with Gasteiger partial charge in [-0.15, -0.1) is 0 Å². The molecule has 0 saturated carbocycles. The van der Waals surface area contributed by atoms with Gasteiger partial charge in [0.1, 0.15) is 5.75 Å². The van der Waals surface area contributed by atoms with E-state index in [-0.39, 0.29) is 6.04 Å². The summed E-state index contributed by atoms with van der Waals surface area (Å²) < 4.78 is 5.68. The number of carbonyl (C=O) groups excluding carboxylic acids is 2. The smallest absolute Gasteiger partial charge is 0.321 e. The standard InChI is InChI=1S/C20H29N3O3/c1-3-4-11-26-18-8-6-5-7-17(18)19(24)22-20(25)21-14-12-15-9-10-16(13-14)23(15)2/h5-8,14-16H,3-4,9-13H2,1-2H3,(H2,21,22,24,25). The van der Waals surface area contributed by atoms with Gasteiger partial charge in [0.25, 0.3) is 5.91 Å². The van der Waals surface area contributed by atoms with Gasteiger partial charge in [0.2, 0.25) is 0 Å². The highest BCUT2D eigenvalue weighted by atomic mass is 16.5. The van der Waals surface area contributed by atoms with E-state index in [9.17, 15) is 9.59 Å². The summed E-state index contributed by atoms with van der Waals surface area (Å²) in [6.07, 6.45) is 6.24. The molecule has 2 fully saturated rings. The van der Waals surface area contributed by atoms with Crippen LogP contribution in [0.3, 0.4) is 0 Å². The molecule has 2 heterocycles. The van der Waals surface area contributed by atoms with Crippen molar-refractivity contribution in [3.05, 3.63) is 29.8 Å². The molecule has 2 aliphatic rings. The van der Waals surface area contributed by atoms with Crippen LogP contribution in [0, 0.1) is 0 Å². The predicted octanol–water partition coefficient (Wildman–Crippen LogP) is 2.93. The van der Waals surface area contributed by atoms with Crippen molar-refractivity contribution in [3.8, 4) is 5.75 Å². The van der Waals surface area contributed by atoms with Crippen molar-refractivity contribution in [2.24, 2.45) is 0 Å². The van der Waals surface area contributed by atoms with Gasteiger partial charge in [-0.2, -0.15) is 0 Å². The van der Waals surface area contributed by atoms with Crippen LogP contribution in [0.5, 0.6) is 5.75 Å². The summed E-state index contributed by atoms with van der Waals surface area (Å²) in [6, 6.07) is 7.84. The minimum Gasteiger partial charge on any atom is -0.493 e. The Morgan fingerprint density at radius 2 is 1.88 bits per heavy atom. The fourth-order valence-corrected chi connectivity index (χ4v) is 4.03. The third-order valence-electron chi connectivity index (χ3n) is 5.55. The number of para-hydroxylation sites is 1. The molecule has 0 aliphatic carbocycles. The van der Waals surface area contributed by atoms with E-state index in [0.29, 0.717) is 30.0 Å². The van der Waals surface area contributed by atoms with Crippen LogP contribution >= 0.6 is 0 Å². The molecule has 2 N–H and O–H groups in total. The van der Waals surface area contributed by atoms with E-state index in [2.05, 4.69) is 29.5 Å². The maximum Gasteiger partial charge on any atom is 0.321 e. The first kappa shape index (κ1) is 18.7. The summed E-state index contributed by atoms with van der Waals surface area (Å²) in [5.74, 6) is 0.0917. The normalized spacial score (nSPS) is 24.9. The first-order valence-corrected chi connectivity index (χ1v) is 9.64. The summed E-state index contributed by atoms with van der Waals surface area (Å²) in [4.78, 5) is 27.2. The summed E-state index contributed by atoms with van der Waals surface area (Å²) >= 11 is 0. The van der Waals surface area contributed by atoms with Crippen LogP contribution in [0.4, 0.5) is 4.79 Å².